The molecule has 0 amide bonds. The summed E-state index contributed by atoms with van der Waals surface area (Å²) < 4.78 is 0.773. The molecule has 2 heterocycles. The first kappa shape index (κ1) is 12.7. The zero-order chi connectivity index (χ0) is 13.0. The molecule has 0 fully saturated rings. The monoisotopic (exact) mass is 308 g/mol. The molecule has 2 aromatic heterocycles. The van der Waals surface area contributed by atoms with Crippen LogP contribution < -0.4 is 16.6 Å². The van der Waals surface area contributed by atoms with Crippen LogP contribution in [0.5, 0.6) is 0 Å². The quantitative estimate of drug-likeness (QED) is 0.590. The molecule has 6 nitrogen and oxygen atoms in total. The SMILES string of the molecule is Cc1cccnc1CNc1nc(NN)ncc1Br. The van der Waals surface area contributed by atoms with E-state index < -0.39 is 0 Å². The highest BCUT2D eigenvalue weighted by molar-refractivity contribution is 9.10. The Balaban J connectivity index is 2.13. The molecule has 0 bridgehead atoms. The Bertz CT molecular complexity index is 545. The van der Waals surface area contributed by atoms with E-state index in [4.69, 9.17) is 5.84 Å². The molecule has 0 aliphatic carbocycles. The van der Waals surface area contributed by atoms with Crippen molar-refractivity contribution in [3.8, 4) is 0 Å². The molecule has 7 heteroatoms. The van der Waals surface area contributed by atoms with Crippen LogP contribution in [0.3, 0.4) is 0 Å². The summed E-state index contributed by atoms with van der Waals surface area (Å²) in [4.78, 5) is 12.5. The Kier molecular flexibility index (Phi) is 4.06. The van der Waals surface area contributed by atoms with Gasteiger partial charge >= 0.3 is 0 Å². The van der Waals surface area contributed by atoms with Gasteiger partial charge in [-0.3, -0.25) is 10.4 Å². The molecule has 0 saturated carbocycles. The Hall–Kier alpha value is -1.73. The number of nitrogen functional groups attached to an aromatic ring is 1. The number of halogens is 1. The lowest BCUT2D eigenvalue weighted by molar-refractivity contribution is 0.993. The summed E-state index contributed by atoms with van der Waals surface area (Å²) in [5.41, 5.74) is 4.51. The molecular formula is C11H13BrN6. The number of rotatable bonds is 4. The van der Waals surface area contributed by atoms with Crippen LogP contribution in [0.4, 0.5) is 11.8 Å². The molecule has 18 heavy (non-hydrogen) atoms. The predicted octanol–water partition coefficient (Wildman–Crippen LogP) is 1.84. The van der Waals surface area contributed by atoms with Gasteiger partial charge in [0.25, 0.3) is 0 Å². The summed E-state index contributed by atoms with van der Waals surface area (Å²) in [5.74, 6) is 6.30. The van der Waals surface area contributed by atoms with Crippen molar-refractivity contribution in [1.82, 2.24) is 15.0 Å². The molecule has 2 aromatic rings. The average Bonchev–Trinajstić information content (AvgIpc) is 2.39. The van der Waals surface area contributed by atoms with E-state index in [0.717, 1.165) is 15.7 Å². The largest absolute Gasteiger partial charge is 0.363 e. The molecular weight excluding hydrogens is 296 g/mol. The van der Waals surface area contributed by atoms with Crippen LogP contribution in [0.1, 0.15) is 11.3 Å². The van der Waals surface area contributed by atoms with Gasteiger partial charge in [0.1, 0.15) is 5.82 Å². The number of anilines is 2. The van der Waals surface area contributed by atoms with E-state index in [0.29, 0.717) is 18.3 Å². The van der Waals surface area contributed by atoms with E-state index in [1.54, 1.807) is 12.4 Å². The third kappa shape index (κ3) is 2.93. The summed E-state index contributed by atoms with van der Waals surface area (Å²) >= 11 is 3.38. The average molecular weight is 309 g/mol. The molecule has 0 aliphatic heterocycles. The first-order valence-electron chi connectivity index (χ1n) is 5.34. The Morgan fingerprint density at radius 2 is 2.22 bits per heavy atom. The minimum absolute atomic E-state index is 0.360. The lowest BCUT2D eigenvalue weighted by Gasteiger charge is -2.09. The maximum absolute atomic E-state index is 5.27. The second-order valence-electron chi connectivity index (χ2n) is 3.66. The topological polar surface area (TPSA) is 88.8 Å². The number of nitrogens with zero attached hydrogens (tertiary/aromatic N) is 3. The van der Waals surface area contributed by atoms with Gasteiger partial charge in [-0.05, 0) is 34.5 Å². The molecule has 0 aliphatic rings. The number of hydrogen-bond acceptors (Lipinski definition) is 6. The molecule has 0 aromatic carbocycles. The van der Waals surface area contributed by atoms with E-state index in [1.807, 2.05) is 19.1 Å². The summed E-state index contributed by atoms with van der Waals surface area (Å²) in [6, 6.07) is 3.93. The van der Waals surface area contributed by atoms with E-state index in [1.165, 1.54) is 0 Å². The minimum Gasteiger partial charge on any atom is -0.363 e. The predicted molar refractivity (Wildman–Crippen MR) is 73.8 cm³/mol. The zero-order valence-electron chi connectivity index (χ0n) is 9.81. The van der Waals surface area contributed by atoms with Gasteiger partial charge < -0.3 is 5.32 Å². The highest BCUT2D eigenvalue weighted by atomic mass is 79.9. The lowest BCUT2D eigenvalue weighted by atomic mass is 10.2. The number of nitrogens with two attached hydrogens (primary N) is 1. The van der Waals surface area contributed by atoms with Crippen LogP contribution in [-0.4, -0.2) is 15.0 Å². The van der Waals surface area contributed by atoms with Gasteiger partial charge in [0.05, 0.1) is 16.7 Å². The van der Waals surface area contributed by atoms with Gasteiger partial charge in [-0.25, -0.2) is 10.8 Å². The van der Waals surface area contributed by atoms with Crippen LogP contribution in [0, 0.1) is 6.92 Å². The van der Waals surface area contributed by atoms with Crippen LogP contribution in [-0.2, 0) is 6.54 Å². The second-order valence-corrected chi connectivity index (χ2v) is 4.51. The Morgan fingerprint density at radius 1 is 1.39 bits per heavy atom. The lowest BCUT2D eigenvalue weighted by Crippen LogP contribution is -2.12. The summed E-state index contributed by atoms with van der Waals surface area (Å²) in [6.07, 6.45) is 3.40. The fraction of sp³-hybridized carbons (Fsp3) is 0.182. The van der Waals surface area contributed by atoms with Gasteiger partial charge in [-0.2, -0.15) is 4.98 Å². The fourth-order valence-electron chi connectivity index (χ4n) is 1.43. The van der Waals surface area contributed by atoms with Crippen LogP contribution in [0.2, 0.25) is 0 Å². The number of aryl methyl sites for hydroxylation is 1. The van der Waals surface area contributed by atoms with Crippen molar-refractivity contribution in [1.29, 1.82) is 0 Å². The smallest absolute Gasteiger partial charge is 0.239 e. The standard InChI is InChI=1S/C11H13BrN6/c1-7-3-2-4-14-9(7)6-15-10-8(12)5-16-11(17-10)18-13/h2-5H,6,13H2,1H3,(H2,15,16,17,18). The van der Waals surface area contributed by atoms with Crippen molar-refractivity contribution in [3.63, 3.8) is 0 Å². The van der Waals surface area contributed by atoms with Crippen molar-refractivity contribution in [2.75, 3.05) is 10.7 Å². The van der Waals surface area contributed by atoms with Gasteiger partial charge in [0.2, 0.25) is 5.95 Å². The third-order valence-corrected chi connectivity index (χ3v) is 2.99. The van der Waals surface area contributed by atoms with Crippen molar-refractivity contribution in [2.45, 2.75) is 13.5 Å². The zero-order valence-corrected chi connectivity index (χ0v) is 11.4. The first-order chi connectivity index (χ1) is 8.70. The Labute approximate surface area is 113 Å². The molecule has 0 unspecified atom stereocenters. The molecule has 0 saturated heterocycles. The van der Waals surface area contributed by atoms with E-state index in [-0.39, 0.29) is 0 Å². The molecule has 0 atom stereocenters. The van der Waals surface area contributed by atoms with Crippen molar-refractivity contribution in [2.24, 2.45) is 5.84 Å². The minimum atomic E-state index is 0.360. The van der Waals surface area contributed by atoms with Crippen molar-refractivity contribution >= 4 is 27.7 Å². The highest BCUT2D eigenvalue weighted by Crippen LogP contribution is 2.20. The van der Waals surface area contributed by atoms with Crippen LogP contribution in [0.15, 0.2) is 29.0 Å². The summed E-state index contributed by atoms with van der Waals surface area (Å²) in [6.45, 7) is 2.61. The number of nitrogens with one attached hydrogen (secondary N) is 2. The molecule has 0 spiro atoms. The molecule has 94 valence electrons. The second kappa shape index (κ2) is 5.74. The number of aromatic nitrogens is 3. The van der Waals surface area contributed by atoms with Crippen LogP contribution in [0.25, 0.3) is 0 Å². The summed E-state index contributed by atoms with van der Waals surface area (Å²) in [7, 11) is 0. The van der Waals surface area contributed by atoms with Gasteiger partial charge in [0, 0.05) is 12.4 Å². The number of pyridine rings is 1. The first-order valence-corrected chi connectivity index (χ1v) is 6.13. The number of hydrazine groups is 1. The third-order valence-electron chi connectivity index (χ3n) is 2.41. The maximum atomic E-state index is 5.27. The van der Waals surface area contributed by atoms with Crippen molar-refractivity contribution in [3.05, 3.63) is 40.3 Å². The van der Waals surface area contributed by atoms with Gasteiger partial charge in [-0.1, -0.05) is 6.07 Å². The van der Waals surface area contributed by atoms with Crippen molar-refractivity contribution < 1.29 is 0 Å². The Morgan fingerprint density at radius 3 is 2.94 bits per heavy atom. The molecule has 0 radical (unpaired) electrons. The number of hydrogen-bond donors (Lipinski definition) is 3. The van der Waals surface area contributed by atoms with E-state index in [9.17, 15) is 0 Å². The molecule has 4 N–H and O–H groups in total. The van der Waals surface area contributed by atoms with E-state index in [2.05, 4.69) is 41.6 Å². The highest BCUT2D eigenvalue weighted by Gasteiger charge is 2.05. The van der Waals surface area contributed by atoms with Gasteiger partial charge in [-0.15, -0.1) is 0 Å². The normalized spacial score (nSPS) is 10.2. The molecule has 2 rings (SSSR count). The van der Waals surface area contributed by atoms with E-state index >= 15 is 0 Å². The maximum Gasteiger partial charge on any atom is 0.239 e. The fourth-order valence-corrected chi connectivity index (χ4v) is 1.76. The van der Waals surface area contributed by atoms with Crippen LogP contribution >= 0.6 is 15.9 Å². The summed E-state index contributed by atoms with van der Waals surface area (Å²) in [5, 5.41) is 3.19. The van der Waals surface area contributed by atoms with Gasteiger partial charge in [0.15, 0.2) is 0 Å².